The number of nitrogens with one attached hydrogen (secondary N) is 1. The van der Waals surface area contributed by atoms with Gasteiger partial charge in [0.2, 0.25) is 10.0 Å². The maximum atomic E-state index is 11.4. The van der Waals surface area contributed by atoms with Crippen LogP contribution in [0.25, 0.3) is 0 Å². The number of hydrogen-bond donors (Lipinski definition) is 3. The zero-order valence-corrected chi connectivity index (χ0v) is 12.0. The standard InChI is InChI=1S/C12H21N3O2S/c1-8(12(2,3)4)15-9-6-5-7-10(11(9)13)18(14,16)17/h5-8,15H,13H2,1-4H3,(H2,14,16,17). The number of para-hydroxylation sites is 1. The van der Waals surface area contributed by atoms with Gasteiger partial charge in [0.1, 0.15) is 4.90 Å². The Balaban J connectivity index is 3.14. The lowest BCUT2D eigenvalue weighted by Gasteiger charge is -2.29. The van der Waals surface area contributed by atoms with Crippen molar-refractivity contribution in [3.8, 4) is 0 Å². The zero-order valence-electron chi connectivity index (χ0n) is 11.2. The van der Waals surface area contributed by atoms with E-state index in [4.69, 9.17) is 10.9 Å². The third-order valence-electron chi connectivity index (χ3n) is 3.04. The van der Waals surface area contributed by atoms with Gasteiger partial charge in [-0.25, -0.2) is 13.6 Å². The fraction of sp³-hybridized carbons (Fsp3) is 0.500. The van der Waals surface area contributed by atoms with Crippen LogP contribution in [-0.2, 0) is 10.0 Å². The second-order valence-corrected chi connectivity index (χ2v) is 7.02. The lowest BCUT2D eigenvalue weighted by molar-refractivity contribution is 0.359. The minimum absolute atomic E-state index is 0.0318. The van der Waals surface area contributed by atoms with Crippen LogP contribution in [0.4, 0.5) is 11.4 Å². The van der Waals surface area contributed by atoms with Gasteiger partial charge in [-0.05, 0) is 24.5 Å². The molecule has 1 aromatic rings. The van der Waals surface area contributed by atoms with E-state index >= 15 is 0 Å². The van der Waals surface area contributed by atoms with E-state index in [1.165, 1.54) is 6.07 Å². The van der Waals surface area contributed by atoms with Crippen molar-refractivity contribution in [2.75, 3.05) is 11.1 Å². The molecule has 5 nitrogen and oxygen atoms in total. The van der Waals surface area contributed by atoms with E-state index in [-0.39, 0.29) is 22.0 Å². The smallest absolute Gasteiger partial charge is 0.240 e. The van der Waals surface area contributed by atoms with Gasteiger partial charge in [0.25, 0.3) is 0 Å². The second kappa shape index (κ2) is 4.78. The summed E-state index contributed by atoms with van der Waals surface area (Å²) in [6.45, 7) is 8.28. The number of rotatable bonds is 3. The van der Waals surface area contributed by atoms with E-state index in [1.54, 1.807) is 12.1 Å². The average molecular weight is 271 g/mol. The minimum Gasteiger partial charge on any atom is -0.396 e. The molecule has 0 bridgehead atoms. The molecule has 1 aromatic carbocycles. The molecule has 0 heterocycles. The molecule has 0 radical (unpaired) electrons. The number of hydrogen-bond acceptors (Lipinski definition) is 4. The van der Waals surface area contributed by atoms with Crippen molar-refractivity contribution >= 4 is 21.4 Å². The summed E-state index contributed by atoms with van der Waals surface area (Å²) in [6.07, 6.45) is 0. The Morgan fingerprint density at radius 3 is 2.28 bits per heavy atom. The first kappa shape index (κ1) is 14.8. The Morgan fingerprint density at radius 2 is 1.83 bits per heavy atom. The third-order valence-corrected chi connectivity index (χ3v) is 4.01. The number of nitrogens with two attached hydrogens (primary N) is 2. The monoisotopic (exact) mass is 271 g/mol. The summed E-state index contributed by atoms with van der Waals surface area (Å²) in [4.78, 5) is -0.0476. The Morgan fingerprint density at radius 1 is 1.28 bits per heavy atom. The molecule has 5 N–H and O–H groups in total. The van der Waals surface area contributed by atoms with E-state index in [0.29, 0.717) is 5.69 Å². The summed E-state index contributed by atoms with van der Waals surface area (Å²) in [7, 11) is -3.79. The van der Waals surface area contributed by atoms with Gasteiger partial charge in [-0.3, -0.25) is 0 Å². The van der Waals surface area contributed by atoms with Gasteiger partial charge in [-0.15, -0.1) is 0 Å². The lowest BCUT2D eigenvalue weighted by Crippen LogP contribution is -2.31. The van der Waals surface area contributed by atoms with Crippen LogP contribution in [0.3, 0.4) is 0 Å². The highest BCUT2D eigenvalue weighted by molar-refractivity contribution is 7.89. The minimum atomic E-state index is -3.79. The molecule has 0 saturated heterocycles. The summed E-state index contributed by atoms with van der Waals surface area (Å²) < 4.78 is 22.7. The molecule has 1 atom stereocenters. The van der Waals surface area contributed by atoms with Crippen LogP contribution < -0.4 is 16.2 Å². The number of sulfonamides is 1. The van der Waals surface area contributed by atoms with Crippen LogP contribution in [0.2, 0.25) is 0 Å². The van der Waals surface area contributed by atoms with Gasteiger partial charge in [-0.2, -0.15) is 0 Å². The molecule has 0 spiro atoms. The van der Waals surface area contributed by atoms with E-state index in [9.17, 15) is 8.42 Å². The molecule has 1 rings (SSSR count). The van der Waals surface area contributed by atoms with Crippen molar-refractivity contribution in [1.29, 1.82) is 0 Å². The molecule has 0 aromatic heterocycles. The van der Waals surface area contributed by atoms with Crippen molar-refractivity contribution in [2.24, 2.45) is 10.6 Å². The molecule has 0 saturated carbocycles. The van der Waals surface area contributed by atoms with Crippen molar-refractivity contribution in [3.63, 3.8) is 0 Å². The third kappa shape index (κ3) is 3.36. The number of benzene rings is 1. The fourth-order valence-electron chi connectivity index (χ4n) is 1.37. The maximum absolute atomic E-state index is 11.4. The molecule has 0 aliphatic carbocycles. The van der Waals surface area contributed by atoms with Crippen LogP contribution in [0.15, 0.2) is 23.1 Å². The molecular weight excluding hydrogens is 250 g/mol. The van der Waals surface area contributed by atoms with E-state index in [0.717, 1.165) is 0 Å². The van der Waals surface area contributed by atoms with E-state index in [1.807, 2.05) is 6.92 Å². The second-order valence-electron chi connectivity index (χ2n) is 5.49. The molecule has 0 aliphatic rings. The maximum Gasteiger partial charge on any atom is 0.240 e. The van der Waals surface area contributed by atoms with Crippen molar-refractivity contribution in [3.05, 3.63) is 18.2 Å². The van der Waals surface area contributed by atoms with Crippen molar-refractivity contribution in [2.45, 2.75) is 38.6 Å². The topological polar surface area (TPSA) is 98.2 Å². The lowest BCUT2D eigenvalue weighted by atomic mass is 9.88. The predicted octanol–water partition coefficient (Wildman–Crippen LogP) is 1.76. The Kier molecular flexibility index (Phi) is 3.92. The number of anilines is 2. The highest BCUT2D eigenvalue weighted by atomic mass is 32.2. The van der Waals surface area contributed by atoms with Gasteiger partial charge in [0.05, 0.1) is 11.4 Å². The normalized spacial score (nSPS) is 14.3. The SMILES string of the molecule is CC(Nc1cccc(S(N)(=O)=O)c1N)C(C)(C)C. The van der Waals surface area contributed by atoms with Crippen LogP contribution in [0.5, 0.6) is 0 Å². The molecule has 0 fully saturated rings. The number of nitrogen functional groups attached to an aromatic ring is 1. The van der Waals surface area contributed by atoms with E-state index < -0.39 is 10.0 Å². The summed E-state index contributed by atoms with van der Waals surface area (Å²) in [5.74, 6) is 0. The highest BCUT2D eigenvalue weighted by Gasteiger charge is 2.22. The molecule has 1 unspecified atom stereocenters. The van der Waals surface area contributed by atoms with Crippen molar-refractivity contribution in [1.82, 2.24) is 0 Å². The summed E-state index contributed by atoms with van der Waals surface area (Å²) in [5, 5.41) is 8.33. The van der Waals surface area contributed by atoms with Gasteiger partial charge >= 0.3 is 0 Å². The molecule has 6 heteroatoms. The number of primary sulfonamides is 1. The largest absolute Gasteiger partial charge is 0.396 e. The van der Waals surface area contributed by atoms with Crippen LogP contribution >= 0.6 is 0 Å². The zero-order chi connectivity index (χ0) is 14.1. The first-order valence-electron chi connectivity index (χ1n) is 5.71. The molecule has 102 valence electrons. The van der Waals surface area contributed by atoms with Gasteiger partial charge in [0.15, 0.2) is 0 Å². The Bertz CT molecular complexity index is 533. The summed E-state index contributed by atoms with van der Waals surface area (Å²) >= 11 is 0. The van der Waals surface area contributed by atoms with Crippen LogP contribution in [0.1, 0.15) is 27.7 Å². The first-order chi connectivity index (χ1) is 8.03. The van der Waals surface area contributed by atoms with Crippen molar-refractivity contribution < 1.29 is 8.42 Å². The average Bonchev–Trinajstić information content (AvgIpc) is 2.17. The van der Waals surface area contributed by atoms with Gasteiger partial charge < -0.3 is 11.1 Å². The Labute approximate surface area is 109 Å². The summed E-state index contributed by atoms with van der Waals surface area (Å²) in [6, 6.07) is 4.90. The van der Waals surface area contributed by atoms with Crippen LogP contribution in [0, 0.1) is 5.41 Å². The first-order valence-corrected chi connectivity index (χ1v) is 7.26. The molecular formula is C12H21N3O2S. The van der Waals surface area contributed by atoms with Gasteiger partial charge in [-0.1, -0.05) is 26.8 Å². The fourth-order valence-corrected chi connectivity index (χ4v) is 2.05. The highest BCUT2D eigenvalue weighted by Crippen LogP contribution is 2.29. The Hall–Kier alpha value is -1.27. The van der Waals surface area contributed by atoms with E-state index in [2.05, 4.69) is 26.1 Å². The quantitative estimate of drug-likeness (QED) is 0.729. The predicted molar refractivity (Wildman–Crippen MR) is 74.8 cm³/mol. The van der Waals surface area contributed by atoms with Gasteiger partial charge in [0, 0.05) is 6.04 Å². The molecule has 0 aliphatic heterocycles. The summed E-state index contributed by atoms with van der Waals surface area (Å²) in [5.41, 5.74) is 6.62. The molecule has 0 amide bonds. The molecule has 18 heavy (non-hydrogen) atoms. The van der Waals surface area contributed by atoms with Crippen LogP contribution in [-0.4, -0.2) is 14.5 Å².